The maximum Gasteiger partial charge on any atom is 0.239 e. The molecule has 0 aromatic rings. The second kappa shape index (κ2) is 3.24. The summed E-state index contributed by atoms with van der Waals surface area (Å²) < 4.78 is 5.17. The first kappa shape index (κ1) is 9.45. The van der Waals surface area contributed by atoms with E-state index in [0.717, 1.165) is 0 Å². The van der Waals surface area contributed by atoms with Crippen LogP contribution in [0.3, 0.4) is 0 Å². The van der Waals surface area contributed by atoms with E-state index in [1.54, 1.807) is 6.92 Å². The third kappa shape index (κ3) is 1.48. The predicted molar refractivity (Wildman–Crippen MR) is 48.1 cm³/mol. The minimum Gasteiger partial charge on any atom is -0.381 e. The molecule has 3 atom stereocenters. The van der Waals surface area contributed by atoms with Gasteiger partial charge in [0.25, 0.3) is 0 Å². The standard InChI is InChI=1S/C9H14N2O3/c1-4(8(10)12)11-9(13)7-5-2-14-3-6(5)7/h4-7H,2-3H2,1H3,(H2,10,12)(H,11,13)/t4-,5?,6?,7?/m0/s1. The van der Waals surface area contributed by atoms with Gasteiger partial charge < -0.3 is 15.8 Å². The van der Waals surface area contributed by atoms with Gasteiger partial charge in [0.2, 0.25) is 11.8 Å². The summed E-state index contributed by atoms with van der Waals surface area (Å²) in [7, 11) is 0. The summed E-state index contributed by atoms with van der Waals surface area (Å²) in [5.74, 6) is 0.228. The quantitative estimate of drug-likeness (QED) is 0.602. The van der Waals surface area contributed by atoms with E-state index in [1.165, 1.54) is 0 Å². The van der Waals surface area contributed by atoms with Crippen molar-refractivity contribution in [1.82, 2.24) is 5.32 Å². The lowest BCUT2D eigenvalue weighted by Gasteiger charge is -2.10. The molecule has 78 valence electrons. The summed E-state index contributed by atoms with van der Waals surface area (Å²) in [6.07, 6.45) is 0. The summed E-state index contributed by atoms with van der Waals surface area (Å²) in [5, 5.41) is 2.60. The van der Waals surface area contributed by atoms with Gasteiger partial charge in [0, 0.05) is 5.92 Å². The van der Waals surface area contributed by atoms with Crippen molar-refractivity contribution >= 4 is 11.8 Å². The second-order valence-electron chi connectivity index (χ2n) is 4.02. The van der Waals surface area contributed by atoms with Crippen LogP contribution < -0.4 is 11.1 Å². The lowest BCUT2D eigenvalue weighted by molar-refractivity contribution is -0.128. The van der Waals surface area contributed by atoms with Crippen molar-refractivity contribution in [2.24, 2.45) is 23.5 Å². The molecule has 2 amide bonds. The highest BCUT2D eigenvalue weighted by molar-refractivity contribution is 5.88. The van der Waals surface area contributed by atoms with E-state index in [4.69, 9.17) is 10.5 Å². The van der Waals surface area contributed by atoms with E-state index in [-0.39, 0.29) is 11.8 Å². The fourth-order valence-electron chi connectivity index (χ4n) is 2.01. The average Bonchev–Trinajstić information content (AvgIpc) is 2.61. The SMILES string of the molecule is C[C@H](NC(=O)C1C2COCC21)C(N)=O. The molecule has 2 unspecified atom stereocenters. The monoisotopic (exact) mass is 198 g/mol. The van der Waals surface area contributed by atoms with E-state index >= 15 is 0 Å². The Bertz CT molecular complexity index is 269. The van der Waals surface area contributed by atoms with Crippen LogP contribution >= 0.6 is 0 Å². The first-order valence-corrected chi connectivity index (χ1v) is 4.78. The normalized spacial score (nSPS) is 35.9. The van der Waals surface area contributed by atoms with Crippen LogP contribution in [0.25, 0.3) is 0 Å². The van der Waals surface area contributed by atoms with E-state index < -0.39 is 11.9 Å². The van der Waals surface area contributed by atoms with Gasteiger partial charge in [-0.25, -0.2) is 0 Å². The summed E-state index contributed by atoms with van der Waals surface area (Å²) in [6, 6.07) is -0.579. The Kier molecular flexibility index (Phi) is 2.19. The molecule has 5 nitrogen and oxygen atoms in total. The fourth-order valence-corrected chi connectivity index (χ4v) is 2.01. The van der Waals surface area contributed by atoms with Crippen LogP contribution in [-0.4, -0.2) is 31.1 Å². The first-order valence-electron chi connectivity index (χ1n) is 4.78. The van der Waals surface area contributed by atoms with Crippen LogP contribution in [0.1, 0.15) is 6.92 Å². The van der Waals surface area contributed by atoms with Crippen molar-refractivity contribution in [1.29, 1.82) is 0 Å². The molecule has 0 bridgehead atoms. The second-order valence-corrected chi connectivity index (χ2v) is 4.02. The molecule has 5 heteroatoms. The molecule has 0 aromatic carbocycles. The van der Waals surface area contributed by atoms with Gasteiger partial charge in [-0.05, 0) is 18.8 Å². The van der Waals surface area contributed by atoms with Gasteiger partial charge in [0.05, 0.1) is 13.2 Å². The average molecular weight is 198 g/mol. The highest BCUT2D eigenvalue weighted by atomic mass is 16.5. The zero-order chi connectivity index (χ0) is 10.3. The molecule has 1 aliphatic carbocycles. The Hall–Kier alpha value is -1.10. The summed E-state index contributed by atoms with van der Waals surface area (Å²) in [4.78, 5) is 22.3. The van der Waals surface area contributed by atoms with E-state index in [0.29, 0.717) is 25.0 Å². The maximum atomic E-state index is 11.6. The number of carbonyl (C=O) groups excluding carboxylic acids is 2. The molecule has 1 saturated carbocycles. The number of hydrogen-bond donors (Lipinski definition) is 2. The smallest absolute Gasteiger partial charge is 0.239 e. The fraction of sp³-hybridized carbons (Fsp3) is 0.778. The topological polar surface area (TPSA) is 81.4 Å². The number of ether oxygens (including phenoxy) is 1. The van der Waals surface area contributed by atoms with Crippen LogP contribution in [0.5, 0.6) is 0 Å². The molecule has 1 aliphatic heterocycles. The molecular weight excluding hydrogens is 184 g/mol. The van der Waals surface area contributed by atoms with Crippen LogP contribution in [-0.2, 0) is 14.3 Å². The number of nitrogens with one attached hydrogen (secondary N) is 1. The first-order chi connectivity index (χ1) is 6.61. The molecule has 0 spiro atoms. The van der Waals surface area contributed by atoms with Crippen LogP contribution in [0.4, 0.5) is 0 Å². The molecule has 2 aliphatic rings. The number of fused-ring (bicyclic) bond motifs is 1. The molecule has 2 fully saturated rings. The molecule has 14 heavy (non-hydrogen) atoms. The lowest BCUT2D eigenvalue weighted by atomic mass is 10.2. The number of carbonyl (C=O) groups is 2. The zero-order valence-electron chi connectivity index (χ0n) is 8.03. The van der Waals surface area contributed by atoms with Gasteiger partial charge in [-0.2, -0.15) is 0 Å². The highest BCUT2D eigenvalue weighted by Crippen LogP contribution is 2.50. The minimum atomic E-state index is -0.579. The highest BCUT2D eigenvalue weighted by Gasteiger charge is 2.58. The van der Waals surface area contributed by atoms with Crippen LogP contribution in [0.15, 0.2) is 0 Å². The van der Waals surface area contributed by atoms with E-state index in [9.17, 15) is 9.59 Å². The van der Waals surface area contributed by atoms with Crippen molar-refractivity contribution in [3.8, 4) is 0 Å². The van der Waals surface area contributed by atoms with Crippen LogP contribution in [0.2, 0.25) is 0 Å². The Morgan fingerprint density at radius 1 is 1.43 bits per heavy atom. The van der Waals surface area contributed by atoms with E-state index in [1.807, 2.05) is 0 Å². The molecule has 0 aromatic heterocycles. The van der Waals surface area contributed by atoms with Gasteiger partial charge in [-0.3, -0.25) is 9.59 Å². The van der Waals surface area contributed by atoms with Gasteiger partial charge in [0.15, 0.2) is 0 Å². The molecule has 1 saturated heterocycles. The molecule has 3 N–H and O–H groups in total. The third-order valence-corrected chi connectivity index (χ3v) is 3.04. The number of primary amides is 1. The van der Waals surface area contributed by atoms with Crippen molar-refractivity contribution in [2.45, 2.75) is 13.0 Å². The minimum absolute atomic E-state index is 0.0468. The Morgan fingerprint density at radius 2 is 2.00 bits per heavy atom. The summed E-state index contributed by atoms with van der Waals surface area (Å²) in [5.41, 5.74) is 5.04. The molecule has 2 rings (SSSR count). The lowest BCUT2D eigenvalue weighted by Crippen LogP contribution is -2.43. The van der Waals surface area contributed by atoms with Crippen molar-refractivity contribution in [2.75, 3.05) is 13.2 Å². The predicted octanol–water partition coefficient (Wildman–Crippen LogP) is -1.13. The zero-order valence-corrected chi connectivity index (χ0v) is 8.03. The number of amides is 2. The van der Waals surface area contributed by atoms with Gasteiger partial charge in [-0.15, -0.1) is 0 Å². The Morgan fingerprint density at radius 3 is 2.50 bits per heavy atom. The van der Waals surface area contributed by atoms with Crippen molar-refractivity contribution in [3.63, 3.8) is 0 Å². The van der Waals surface area contributed by atoms with Gasteiger partial charge >= 0.3 is 0 Å². The Balaban J connectivity index is 1.83. The van der Waals surface area contributed by atoms with Crippen molar-refractivity contribution in [3.05, 3.63) is 0 Å². The number of rotatable bonds is 3. The van der Waals surface area contributed by atoms with E-state index in [2.05, 4.69) is 5.32 Å². The third-order valence-electron chi connectivity index (χ3n) is 3.04. The maximum absolute atomic E-state index is 11.6. The van der Waals surface area contributed by atoms with Gasteiger partial charge in [0.1, 0.15) is 6.04 Å². The summed E-state index contributed by atoms with van der Waals surface area (Å²) >= 11 is 0. The summed E-state index contributed by atoms with van der Waals surface area (Å²) in [6.45, 7) is 2.94. The van der Waals surface area contributed by atoms with Crippen molar-refractivity contribution < 1.29 is 14.3 Å². The molecular formula is C9H14N2O3. The largest absolute Gasteiger partial charge is 0.381 e. The number of hydrogen-bond acceptors (Lipinski definition) is 3. The van der Waals surface area contributed by atoms with Gasteiger partial charge in [-0.1, -0.05) is 0 Å². The Labute approximate surface area is 82.0 Å². The number of nitrogens with two attached hydrogens (primary N) is 1. The molecule has 1 heterocycles. The van der Waals surface area contributed by atoms with Crippen LogP contribution in [0, 0.1) is 17.8 Å². The molecule has 0 radical (unpaired) electrons.